The van der Waals surface area contributed by atoms with Gasteiger partial charge in [0.25, 0.3) is 10.0 Å². The third kappa shape index (κ3) is 3.10. The average Bonchev–Trinajstić information content (AvgIpc) is 3.20. The van der Waals surface area contributed by atoms with E-state index in [0.717, 1.165) is 43.2 Å². The second-order valence-electron chi connectivity index (χ2n) is 7.15. The van der Waals surface area contributed by atoms with Crippen LogP contribution in [0.2, 0.25) is 0 Å². The average molecular weight is 381 g/mol. The van der Waals surface area contributed by atoms with Gasteiger partial charge in [-0.2, -0.15) is 0 Å². The third-order valence-electron chi connectivity index (χ3n) is 5.16. The van der Waals surface area contributed by atoms with Gasteiger partial charge in [-0.1, -0.05) is 6.07 Å². The van der Waals surface area contributed by atoms with Crippen LogP contribution in [0.25, 0.3) is 11.4 Å². The van der Waals surface area contributed by atoms with E-state index >= 15 is 0 Å². The lowest BCUT2D eigenvalue weighted by atomic mass is 10.1. The maximum atomic E-state index is 12.7. The molecule has 0 bridgehead atoms. The van der Waals surface area contributed by atoms with Crippen LogP contribution < -0.4 is 4.72 Å². The largest absolute Gasteiger partial charge is 0.280 e. The molecule has 1 aromatic heterocycles. The molecular weight excluding hydrogens is 362 g/mol. The normalized spacial score (nSPS) is 16.3. The molecule has 0 saturated heterocycles. The Balaban J connectivity index is 1.38. The highest BCUT2D eigenvalue weighted by atomic mass is 32.2. The Morgan fingerprint density at radius 1 is 1.00 bits per heavy atom. The summed E-state index contributed by atoms with van der Waals surface area (Å²) >= 11 is 0. The van der Waals surface area contributed by atoms with Crippen molar-refractivity contribution in [2.45, 2.75) is 43.0 Å². The zero-order chi connectivity index (χ0) is 18.4. The fourth-order valence-corrected chi connectivity index (χ4v) is 4.67. The van der Waals surface area contributed by atoms with Gasteiger partial charge in [0.1, 0.15) is 0 Å². The Bertz CT molecular complexity index is 1100. The van der Waals surface area contributed by atoms with Crippen molar-refractivity contribution in [1.29, 1.82) is 0 Å². The number of nitrogens with one attached hydrogen (secondary N) is 1. The fraction of sp³-hybridized carbons (Fsp3) is 0.316. The molecule has 0 radical (unpaired) electrons. The number of nitrogens with zero attached hydrogens (tertiary/aromatic N) is 4. The Morgan fingerprint density at radius 3 is 2.56 bits per heavy atom. The van der Waals surface area contributed by atoms with Crippen molar-refractivity contribution < 1.29 is 8.42 Å². The highest BCUT2D eigenvalue weighted by Gasteiger charge is 2.28. The van der Waals surface area contributed by atoms with Crippen molar-refractivity contribution in [3.63, 3.8) is 0 Å². The summed E-state index contributed by atoms with van der Waals surface area (Å²) in [6, 6.07) is 13.0. The Kier molecular flexibility index (Phi) is 3.75. The highest BCUT2D eigenvalue weighted by Crippen LogP contribution is 2.36. The number of benzene rings is 2. The van der Waals surface area contributed by atoms with Crippen molar-refractivity contribution in [3.05, 3.63) is 53.6 Å². The van der Waals surface area contributed by atoms with Crippen molar-refractivity contribution in [3.8, 4) is 11.4 Å². The van der Waals surface area contributed by atoms with Crippen LogP contribution in [0.4, 0.5) is 5.69 Å². The molecule has 0 spiro atoms. The topological polar surface area (TPSA) is 89.8 Å². The quantitative estimate of drug-likeness (QED) is 0.734. The number of rotatable bonds is 5. The van der Waals surface area contributed by atoms with E-state index in [1.807, 2.05) is 22.9 Å². The number of fused-ring (bicyclic) bond motifs is 1. The van der Waals surface area contributed by atoms with Crippen molar-refractivity contribution in [2.24, 2.45) is 0 Å². The van der Waals surface area contributed by atoms with Gasteiger partial charge in [-0.25, -0.2) is 13.1 Å². The lowest BCUT2D eigenvalue weighted by molar-refractivity contribution is 0.601. The Morgan fingerprint density at radius 2 is 1.78 bits per heavy atom. The van der Waals surface area contributed by atoms with Crippen LogP contribution in [0.15, 0.2) is 47.4 Å². The molecule has 1 N–H and O–H groups in total. The molecule has 27 heavy (non-hydrogen) atoms. The second kappa shape index (κ2) is 6.16. The van der Waals surface area contributed by atoms with Gasteiger partial charge in [-0.05, 0) is 90.1 Å². The molecule has 138 valence electrons. The molecule has 0 aliphatic heterocycles. The molecule has 0 unspecified atom stereocenters. The first-order valence-electron chi connectivity index (χ1n) is 9.13. The van der Waals surface area contributed by atoms with Gasteiger partial charge in [-0.3, -0.25) is 4.72 Å². The lowest BCUT2D eigenvalue weighted by Gasteiger charge is -2.10. The van der Waals surface area contributed by atoms with Gasteiger partial charge in [-0.15, -0.1) is 5.10 Å². The summed E-state index contributed by atoms with van der Waals surface area (Å²) in [4.78, 5) is 0.310. The van der Waals surface area contributed by atoms with Gasteiger partial charge in [0.15, 0.2) is 5.82 Å². The smallest absolute Gasteiger partial charge is 0.261 e. The number of aryl methyl sites for hydroxylation is 2. The monoisotopic (exact) mass is 381 g/mol. The van der Waals surface area contributed by atoms with Gasteiger partial charge >= 0.3 is 0 Å². The van der Waals surface area contributed by atoms with Gasteiger partial charge in [0.2, 0.25) is 0 Å². The first-order chi connectivity index (χ1) is 13.1. The van der Waals surface area contributed by atoms with E-state index in [1.54, 1.807) is 24.3 Å². The molecule has 2 aliphatic rings. The summed E-state index contributed by atoms with van der Waals surface area (Å²) in [7, 11) is -3.61. The summed E-state index contributed by atoms with van der Waals surface area (Å²) in [6.45, 7) is 0. The summed E-state index contributed by atoms with van der Waals surface area (Å²) in [5.74, 6) is 0.713. The molecule has 2 aliphatic carbocycles. The molecule has 3 aromatic rings. The van der Waals surface area contributed by atoms with Crippen LogP contribution in [-0.4, -0.2) is 28.6 Å². The van der Waals surface area contributed by atoms with Crippen LogP contribution in [-0.2, 0) is 22.9 Å². The Labute approximate surface area is 157 Å². The van der Waals surface area contributed by atoms with Crippen molar-refractivity contribution in [1.82, 2.24) is 20.2 Å². The van der Waals surface area contributed by atoms with E-state index < -0.39 is 10.0 Å². The lowest BCUT2D eigenvalue weighted by Crippen LogP contribution is -2.13. The molecular formula is C19H19N5O2S. The molecule has 0 amide bonds. The van der Waals surface area contributed by atoms with Gasteiger partial charge in [0, 0.05) is 11.3 Å². The standard InChI is InChI=1S/C19H19N5O2S/c25-27(26,18-11-6-13-2-1-3-15(13)12-18)21-16-7-4-14(5-8-16)19-20-22-23-24(19)17-9-10-17/h4-8,11-12,17,21H,1-3,9-10H2. The fourth-order valence-electron chi connectivity index (χ4n) is 3.57. The number of hydrogen-bond acceptors (Lipinski definition) is 5. The minimum absolute atomic E-state index is 0.310. The van der Waals surface area contributed by atoms with E-state index in [4.69, 9.17) is 0 Å². The first kappa shape index (κ1) is 16.4. The Hall–Kier alpha value is -2.74. The van der Waals surface area contributed by atoms with Gasteiger partial charge in [0.05, 0.1) is 10.9 Å². The first-order valence-corrected chi connectivity index (χ1v) is 10.6. The molecule has 7 nitrogen and oxygen atoms in total. The molecule has 1 fully saturated rings. The number of hydrogen-bond donors (Lipinski definition) is 1. The maximum absolute atomic E-state index is 12.7. The van der Waals surface area contributed by atoms with Gasteiger partial charge < -0.3 is 0 Å². The van der Waals surface area contributed by atoms with Crippen LogP contribution >= 0.6 is 0 Å². The number of anilines is 1. The highest BCUT2D eigenvalue weighted by molar-refractivity contribution is 7.92. The number of sulfonamides is 1. The summed E-state index contributed by atoms with van der Waals surface area (Å²) in [5, 5.41) is 11.9. The minimum atomic E-state index is -3.61. The van der Waals surface area contributed by atoms with Crippen molar-refractivity contribution in [2.75, 3.05) is 4.72 Å². The summed E-state index contributed by atoms with van der Waals surface area (Å²) in [5.41, 5.74) is 3.78. The van der Waals surface area contributed by atoms with Crippen LogP contribution in [0, 0.1) is 0 Å². The van der Waals surface area contributed by atoms with E-state index in [9.17, 15) is 8.42 Å². The zero-order valence-electron chi connectivity index (χ0n) is 14.7. The predicted molar refractivity (Wildman–Crippen MR) is 101 cm³/mol. The van der Waals surface area contributed by atoms with E-state index in [-0.39, 0.29) is 0 Å². The molecule has 1 heterocycles. The number of aromatic nitrogens is 4. The third-order valence-corrected chi connectivity index (χ3v) is 6.54. The SMILES string of the molecule is O=S(=O)(Nc1ccc(-c2nnnn2C2CC2)cc1)c1ccc2c(c1)CCC2. The van der Waals surface area contributed by atoms with E-state index in [1.165, 1.54) is 5.56 Å². The molecule has 1 saturated carbocycles. The molecule has 2 aromatic carbocycles. The van der Waals surface area contributed by atoms with Crippen molar-refractivity contribution >= 4 is 15.7 Å². The second-order valence-corrected chi connectivity index (χ2v) is 8.83. The number of tetrazole rings is 1. The van der Waals surface area contributed by atoms with E-state index in [2.05, 4.69) is 20.2 Å². The summed E-state index contributed by atoms with van der Waals surface area (Å²) in [6.07, 6.45) is 5.26. The molecule has 8 heteroatoms. The molecule has 0 atom stereocenters. The zero-order valence-corrected chi connectivity index (χ0v) is 15.5. The molecule has 5 rings (SSSR count). The predicted octanol–water partition coefficient (Wildman–Crippen LogP) is 2.96. The van der Waals surface area contributed by atoms with Crippen LogP contribution in [0.3, 0.4) is 0 Å². The van der Waals surface area contributed by atoms with Crippen LogP contribution in [0.5, 0.6) is 0 Å². The van der Waals surface area contributed by atoms with Crippen LogP contribution in [0.1, 0.15) is 36.4 Å². The maximum Gasteiger partial charge on any atom is 0.261 e. The minimum Gasteiger partial charge on any atom is -0.280 e. The summed E-state index contributed by atoms with van der Waals surface area (Å²) < 4.78 is 29.9. The van der Waals surface area contributed by atoms with E-state index in [0.29, 0.717) is 22.4 Å².